The maximum absolute atomic E-state index is 12.7. The van der Waals surface area contributed by atoms with E-state index >= 15 is 0 Å². The van der Waals surface area contributed by atoms with Crippen molar-refractivity contribution >= 4 is 17.2 Å². The lowest BCUT2D eigenvalue weighted by Crippen LogP contribution is -2.32. The first-order valence-electron chi connectivity index (χ1n) is 8.07. The molecule has 0 saturated carbocycles. The molecular formula is C19H26N2OS. The van der Waals surface area contributed by atoms with Gasteiger partial charge in [-0.05, 0) is 57.4 Å². The number of amides is 1. The zero-order chi connectivity index (χ0) is 16.7. The molecule has 0 saturated heterocycles. The van der Waals surface area contributed by atoms with Crippen LogP contribution in [0.1, 0.15) is 28.3 Å². The van der Waals surface area contributed by atoms with E-state index in [1.54, 1.807) is 11.3 Å². The second-order valence-corrected chi connectivity index (χ2v) is 7.23. The number of hydrogen-bond acceptors (Lipinski definition) is 3. The molecule has 0 radical (unpaired) electrons. The Morgan fingerprint density at radius 2 is 1.96 bits per heavy atom. The highest BCUT2D eigenvalue weighted by Gasteiger charge is 2.21. The van der Waals surface area contributed by atoms with Crippen molar-refractivity contribution < 1.29 is 4.79 Å². The SMILES string of the molecule is Cc1ccc(C(Cc2cccs2)C(=O)NCCCN(C)C)cc1. The molecule has 0 aliphatic carbocycles. The molecule has 0 aliphatic heterocycles. The monoisotopic (exact) mass is 330 g/mol. The summed E-state index contributed by atoms with van der Waals surface area (Å²) in [5.74, 6) is 0.00890. The molecule has 4 heteroatoms. The topological polar surface area (TPSA) is 32.3 Å². The Labute approximate surface area is 143 Å². The number of nitrogens with one attached hydrogen (secondary N) is 1. The predicted octanol–water partition coefficient (Wildman–Crippen LogP) is 3.45. The Bertz CT molecular complexity index is 590. The van der Waals surface area contributed by atoms with E-state index in [4.69, 9.17) is 0 Å². The molecule has 1 aromatic heterocycles. The summed E-state index contributed by atoms with van der Waals surface area (Å²) in [6, 6.07) is 12.5. The zero-order valence-electron chi connectivity index (χ0n) is 14.2. The van der Waals surface area contributed by atoms with Crippen LogP contribution in [0.15, 0.2) is 41.8 Å². The van der Waals surface area contributed by atoms with Gasteiger partial charge in [-0.25, -0.2) is 0 Å². The Hall–Kier alpha value is -1.65. The van der Waals surface area contributed by atoms with Crippen molar-refractivity contribution in [3.8, 4) is 0 Å². The van der Waals surface area contributed by atoms with Crippen molar-refractivity contribution in [3.63, 3.8) is 0 Å². The first kappa shape index (κ1) is 17.7. The Balaban J connectivity index is 2.03. The molecule has 0 bridgehead atoms. The van der Waals surface area contributed by atoms with Crippen molar-refractivity contribution in [1.82, 2.24) is 10.2 Å². The van der Waals surface area contributed by atoms with Crippen LogP contribution in [0.5, 0.6) is 0 Å². The molecule has 3 nitrogen and oxygen atoms in total. The zero-order valence-corrected chi connectivity index (χ0v) is 15.0. The molecular weight excluding hydrogens is 304 g/mol. The number of hydrogen-bond donors (Lipinski definition) is 1. The molecule has 0 spiro atoms. The van der Waals surface area contributed by atoms with Crippen LogP contribution in [0.2, 0.25) is 0 Å². The molecule has 23 heavy (non-hydrogen) atoms. The van der Waals surface area contributed by atoms with Crippen LogP contribution in [-0.2, 0) is 11.2 Å². The van der Waals surface area contributed by atoms with Crippen LogP contribution >= 0.6 is 11.3 Å². The van der Waals surface area contributed by atoms with Gasteiger partial charge in [0, 0.05) is 11.4 Å². The first-order valence-corrected chi connectivity index (χ1v) is 8.95. The molecule has 1 atom stereocenters. The van der Waals surface area contributed by atoms with Crippen LogP contribution in [0.3, 0.4) is 0 Å². The smallest absolute Gasteiger partial charge is 0.227 e. The standard InChI is InChI=1S/C19H26N2OS/c1-15-7-9-16(10-8-15)18(14-17-6-4-13-23-17)19(22)20-11-5-12-21(2)3/h4,6-10,13,18H,5,11-12,14H2,1-3H3,(H,20,22). The summed E-state index contributed by atoms with van der Waals surface area (Å²) in [5, 5.41) is 5.17. The maximum atomic E-state index is 12.7. The van der Waals surface area contributed by atoms with Crippen molar-refractivity contribution in [2.75, 3.05) is 27.2 Å². The highest BCUT2D eigenvalue weighted by atomic mass is 32.1. The molecule has 0 fully saturated rings. The summed E-state index contributed by atoms with van der Waals surface area (Å²) < 4.78 is 0. The molecule has 1 N–H and O–H groups in total. The van der Waals surface area contributed by atoms with Gasteiger partial charge in [0.2, 0.25) is 5.91 Å². The number of carbonyl (C=O) groups excluding carboxylic acids is 1. The highest BCUT2D eigenvalue weighted by Crippen LogP contribution is 2.24. The van der Waals surface area contributed by atoms with Gasteiger partial charge in [-0.15, -0.1) is 11.3 Å². The minimum absolute atomic E-state index is 0.117. The van der Waals surface area contributed by atoms with Gasteiger partial charge in [-0.2, -0.15) is 0 Å². The van der Waals surface area contributed by atoms with E-state index in [1.807, 2.05) is 20.2 Å². The fraction of sp³-hybridized carbons (Fsp3) is 0.421. The second kappa shape index (κ2) is 8.85. The van der Waals surface area contributed by atoms with Crippen LogP contribution < -0.4 is 5.32 Å². The third-order valence-electron chi connectivity index (χ3n) is 3.86. The molecule has 2 rings (SSSR count). The summed E-state index contributed by atoms with van der Waals surface area (Å²) in [6.45, 7) is 3.78. The minimum atomic E-state index is -0.117. The van der Waals surface area contributed by atoms with Crippen LogP contribution in [0, 0.1) is 6.92 Å². The van der Waals surface area contributed by atoms with Gasteiger partial charge in [-0.1, -0.05) is 35.9 Å². The fourth-order valence-corrected chi connectivity index (χ4v) is 3.27. The van der Waals surface area contributed by atoms with Crippen LogP contribution in [0.25, 0.3) is 0 Å². The number of benzene rings is 1. The summed E-state index contributed by atoms with van der Waals surface area (Å²) in [5.41, 5.74) is 2.31. The predicted molar refractivity (Wildman–Crippen MR) is 98.1 cm³/mol. The van der Waals surface area contributed by atoms with Crippen molar-refractivity contribution in [3.05, 3.63) is 57.8 Å². The van der Waals surface area contributed by atoms with Crippen molar-refractivity contribution in [2.45, 2.75) is 25.7 Å². The third kappa shape index (κ3) is 5.81. The summed E-state index contributed by atoms with van der Waals surface area (Å²) in [6.07, 6.45) is 1.73. The first-order chi connectivity index (χ1) is 11.1. The van der Waals surface area contributed by atoms with E-state index in [2.05, 4.69) is 52.9 Å². The fourth-order valence-electron chi connectivity index (χ4n) is 2.52. The quantitative estimate of drug-likeness (QED) is 0.752. The van der Waals surface area contributed by atoms with Gasteiger partial charge < -0.3 is 10.2 Å². The molecule has 0 aliphatic rings. The number of nitrogens with zero attached hydrogens (tertiary/aromatic N) is 1. The summed E-state index contributed by atoms with van der Waals surface area (Å²) >= 11 is 1.71. The van der Waals surface area contributed by atoms with E-state index in [0.29, 0.717) is 0 Å². The van der Waals surface area contributed by atoms with E-state index in [1.165, 1.54) is 10.4 Å². The second-order valence-electron chi connectivity index (χ2n) is 6.19. The van der Waals surface area contributed by atoms with E-state index in [-0.39, 0.29) is 11.8 Å². The Morgan fingerprint density at radius 1 is 1.22 bits per heavy atom. The Kier molecular flexibility index (Phi) is 6.81. The van der Waals surface area contributed by atoms with Gasteiger partial charge in [0.1, 0.15) is 0 Å². The average molecular weight is 330 g/mol. The molecule has 1 aromatic carbocycles. The van der Waals surface area contributed by atoms with Crippen molar-refractivity contribution in [2.24, 2.45) is 0 Å². The van der Waals surface area contributed by atoms with Gasteiger partial charge in [0.15, 0.2) is 0 Å². The molecule has 1 amide bonds. The number of aryl methyl sites for hydroxylation is 1. The molecule has 1 unspecified atom stereocenters. The lowest BCUT2D eigenvalue weighted by atomic mass is 9.93. The minimum Gasteiger partial charge on any atom is -0.356 e. The average Bonchev–Trinajstić information content (AvgIpc) is 3.03. The van der Waals surface area contributed by atoms with Crippen LogP contribution in [-0.4, -0.2) is 38.0 Å². The largest absolute Gasteiger partial charge is 0.356 e. The van der Waals surface area contributed by atoms with E-state index in [0.717, 1.165) is 31.5 Å². The highest BCUT2D eigenvalue weighted by molar-refractivity contribution is 7.09. The number of thiophene rings is 1. The summed E-state index contributed by atoms with van der Waals surface area (Å²) in [4.78, 5) is 16.1. The Morgan fingerprint density at radius 3 is 2.57 bits per heavy atom. The van der Waals surface area contributed by atoms with E-state index in [9.17, 15) is 4.79 Å². The maximum Gasteiger partial charge on any atom is 0.227 e. The number of carbonyl (C=O) groups is 1. The van der Waals surface area contributed by atoms with Crippen LogP contribution in [0.4, 0.5) is 0 Å². The van der Waals surface area contributed by atoms with Gasteiger partial charge in [-0.3, -0.25) is 4.79 Å². The van der Waals surface area contributed by atoms with E-state index < -0.39 is 0 Å². The van der Waals surface area contributed by atoms with Gasteiger partial charge in [0.25, 0.3) is 0 Å². The molecule has 1 heterocycles. The number of rotatable bonds is 8. The normalized spacial score (nSPS) is 12.3. The van der Waals surface area contributed by atoms with Crippen molar-refractivity contribution in [1.29, 1.82) is 0 Å². The molecule has 124 valence electrons. The summed E-state index contributed by atoms with van der Waals surface area (Å²) in [7, 11) is 4.10. The third-order valence-corrected chi connectivity index (χ3v) is 4.76. The molecule has 2 aromatic rings. The van der Waals surface area contributed by atoms with Gasteiger partial charge >= 0.3 is 0 Å². The lowest BCUT2D eigenvalue weighted by Gasteiger charge is -2.17. The lowest BCUT2D eigenvalue weighted by molar-refractivity contribution is -0.122. The van der Waals surface area contributed by atoms with Gasteiger partial charge in [0.05, 0.1) is 5.92 Å².